The summed E-state index contributed by atoms with van der Waals surface area (Å²) in [7, 11) is 0. The molecule has 2 rings (SSSR count). The average molecular weight is 383 g/mol. The SMILES string of the molecule is CCOC(=O)[C@@H](O)[C@H](CC)/C(=N/C(=O)OCc1ccccc1)c1ccccc1. The molecule has 0 saturated carbocycles. The number of nitrogens with zero attached hydrogens (tertiary/aromatic N) is 1. The lowest BCUT2D eigenvalue weighted by Gasteiger charge is -2.22. The van der Waals surface area contributed by atoms with E-state index in [1.165, 1.54) is 0 Å². The van der Waals surface area contributed by atoms with Gasteiger partial charge < -0.3 is 14.6 Å². The minimum atomic E-state index is -1.43. The van der Waals surface area contributed by atoms with E-state index in [1.54, 1.807) is 38.1 Å². The Bertz CT molecular complexity index is 789. The van der Waals surface area contributed by atoms with Gasteiger partial charge in [-0.15, -0.1) is 0 Å². The Morgan fingerprint density at radius 3 is 2.14 bits per heavy atom. The van der Waals surface area contributed by atoms with Crippen LogP contribution in [0, 0.1) is 5.92 Å². The first-order chi connectivity index (χ1) is 13.6. The van der Waals surface area contributed by atoms with Gasteiger partial charge in [-0.2, -0.15) is 4.99 Å². The van der Waals surface area contributed by atoms with E-state index in [9.17, 15) is 14.7 Å². The van der Waals surface area contributed by atoms with E-state index in [2.05, 4.69) is 4.99 Å². The lowest BCUT2D eigenvalue weighted by atomic mass is 9.89. The maximum absolute atomic E-state index is 12.3. The Hall–Kier alpha value is -2.99. The minimum absolute atomic E-state index is 0.0858. The van der Waals surface area contributed by atoms with E-state index in [0.29, 0.717) is 17.7 Å². The maximum atomic E-state index is 12.3. The molecule has 1 amide bonds. The van der Waals surface area contributed by atoms with Crippen LogP contribution in [0.2, 0.25) is 0 Å². The van der Waals surface area contributed by atoms with Gasteiger partial charge in [0.2, 0.25) is 0 Å². The quantitative estimate of drug-likeness (QED) is 0.554. The summed E-state index contributed by atoms with van der Waals surface area (Å²) in [5.74, 6) is -1.44. The normalized spacial score (nSPS) is 13.5. The first-order valence-corrected chi connectivity index (χ1v) is 9.26. The molecule has 0 fully saturated rings. The fourth-order valence-electron chi connectivity index (χ4n) is 2.78. The zero-order valence-corrected chi connectivity index (χ0v) is 16.1. The summed E-state index contributed by atoms with van der Waals surface area (Å²) in [5, 5.41) is 10.5. The number of carbonyl (C=O) groups excluding carboxylic acids is 2. The third kappa shape index (κ3) is 6.03. The predicted molar refractivity (Wildman–Crippen MR) is 106 cm³/mol. The summed E-state index contributed by atoms with van der Waals surface area (Å²) < 4.78 is 10.2. The molecule has 0 aliphatic carbocycles. The molecule has 6 heteroatoms. The van der Waals surface area contributed by atoms with Crippen LogP contribution in [0.1, 0.15) is 31.4 Å². The molecule has 0 radical (unpaired) electrons. The Kier molecular flexibility index (Phi) is 8.37. The highest BCUT2D eigenvalue weighted by Crippen LogP contribution is 2.19. The van der Waals surface area contributed by atoms with E-state index in [-0.39, 0.29) is 13.2 Å². The number of ether oxygens (including phenoxy) is 2. The number of rotatable bonds is 8. The van der Waals surface area contributed by atoms with Crippen molar-refractivity contribution in [3.8, 4) is 0 Å². The van der Waals surface area contributed by atoms with Crippen molar-refractivity contribution >= 4 is 17.8 Å². The molecular weight excluding hydrogens is 358 g/mol. The van der Waals surface area contributed by atoms with Crippen LogP contribution in [-0.2, 0) is 20.9 Å². The molecule has 6 nitrogen and oxygen atoms in total. The second-order valence-corrected chi connectivity index (χ2v) is 6.11. The zero-order valence-electron chi connectivity index (χ0n) is 16.1. The van der Waals surface area contributed by atoms with Crippen LogP contribution in [0.15, 0.2) is 65.7 Å². The van der Waals surface area contributed by atoms with Crippen LogP contribution in [0.5, 0.6) is 0 Å². The van der Waals surface area contributed by atoms with Gasteiger partial charge in [-0.25, -0.2) is 9.59 Å². The Morgan fingerprint density at radius 2 is 1.57 bits per heavy atom. The van der Waals surface area contributed by atoms with E-state index in [1.807, 2.05) is 36.4 Å². The predicted octanol–water partition coefficient (Wildman–Crippen LogP) is 3.76. The second-order valence-electron chi connectivity index (χ2n) is 6.11. The average Bonchev–Trinajstić information content (AvgIpc) is 2.73. The first kappa shape index (κ1) is 21.3. The van der Waals surface area contributed by atoms with Gasteiger partial charge in [0, 0.05) is 5.92 Å². The van der Waals surface area contributed by atoms with Crippen molar-refractivity contribution in [3.05, 3.63) is 71.8 Å². The number of aliphatic hydroxyl groups is 1. The van der Waals surface area contributed by atoms with Gasteiger partial charge >= 0.3 is 12.1 Å². The molecule has 148 valence electrons. The standard InChI is InChI=1S/C22H25NO5/c1-3-18(20(24)21(25)27-4-2)19(17-13-9-6-10-14-17)23-22(26)28-15-16-11-7-5-8-12-16/h5-14,18,20,24H,3-4,15H2,1-2H3/b23-19+/t18-,20+/m1/s1. The fraction of sp³-hybridized carbons (Fsp3) is 0.318. The van der Waals surface area contributed by atoms with Crippen molar-refractivity contribution in [2.75, 3.05) is 6.61 Å². The van der Waals surface area contributed by atoms with Crippen molar-refractivity contribution in [2.24, 2.45) is 10.9 Å². The molecule has 2 aromatic carbocycles. The van der Waals surface area contributed by atoms with Gasteiger partial charge in [0.15, 0.2) is 6.10 Å². The number of carbonyl (C=O) groups is 2. The Morgan fingerprint density at radius 1 is 0.964 bits per heavy atom. The third-order valence-corrected chi connectivity index (χ3v) is 4.19. The van der Waals surface area contributed by atoms with E-state index >= 15 is 0 Å². The summed E-state index contributed by atoms with van der Waals surface area (Å²) in [6.07, 6.45) is -1.82. The number of esters is 1. The number of aliphatic hydroxyl groups excluding tert-OH is 1. The minimum Gasteiger partial charge on any atom is -0.464 e. The Labute approximate surface area is 164 Å². The fourth-order valence-corrected chi connectivity index (χ4v) is 2.78. The van der Waals surface area contributed by atoms with Crippen molar-refractivity contribution in [3.63, 3.8) is 0 Å². The summed E-state index contributed by atoms with van der Waals surface area (Å²) >= 11 is 0. The van der Waals surface area contributed by atoms with Gasteiger partial charge in [-0.05, 0) is 24.5 Å². The van der Waals surface area contributed by atoms with E-state index in [0.717, 1.165) is 5.56 Å². The molecule has 0 saturated heterocycles. The van der Waals surface area contributed by atoms with Gasteiger partial charge in [-0.3, -0.25) is 0 Å². The molecular formula is C22H25NO5. The highest BCUT2D eigenvalue weighted by atomic mass is 16.5. The van der Waals surface area contributed by atoms with Crippen LogP contribution >= 0.6 is 0 Å². The van der Waals surface area contributed by atoms with Crippen LogP contribution in [0.3, 0.4) is 0 Å². The summed E-state index contributed by atoms with van der Waals surface area (Å²) in [4.78, 5) is 28.4. The Balaban J connectivity index is 2.26. The number of aliphatic imine (C=N–C) groups is 1. The number of amides is 1. The molecule has 0 aliphatic heterocycles. The molecule has 0 aliphatic rings. The summed E-state index contributed by atoms with van der Waals surface area (Å²) in [5.41, 5.74) is 1.77. The van der Waals surface area contributed by atoms with Crippen LogP contribution < -0.4 is 0 Å². The largest absolute Gasteiger partial charge is 0.464 e. The summed E-state index contributed by atoms with van der Waals surface area (Å²) in [6, 6.07) is 18.2. The van der Waals surface area contributed by atoms with Gasteiger partial charge in [0.25, 0.3) is 0 Å². The molecule has 0 heterocycles. The molecule has 0 spiro atoms. The summed E-state index contributed by atoms with van der Waals surface area (Å²) in [6.45, 7) is 3.71. The van der Waals surface area contributed by atoms with Crippen LogP contribution in [-0.4, -0.2) is 35.6 Å². The van der Waals surface area contributed by atoms with E-state index < -0.39 is 24.1 Å². The van der Waals surface area contributed by atoms with Crippen LogP contribution in [0.25, 0.3) is 0 Å². The lowest BCUT2D eigenvalue weighted by molar-refractivity contribution is -0.154. The van der Waals surface area contributed by atoms with Gasteiger partial charge in [0.1, 0.15) is 6.61 Å². The van der Waals surface area contributed by atoms with Gasteiger partial charge in [0.05, 0.1) is 12.3 Å². The number of hydrogen-bond acceptors (Lipinski definition) is 5. The highest BCUT2D eigenvalue weighted by Gasteiger charge is 2.31. The van der Waals surface area contributed by atoms with Crippen LogP contribution in [0.4, 0.5) is 4.79 Å². The maximum Gasteiger partial charge on any atom is 0.434 e. The molecule has 0 bridgehead atoms. The van der Waals surface area contributed by atoms with Crippen molar-refractivity contribution in [1.82, 2.24) is 0 Å². The molecule has 0 aromatic heterocycles. The highest BCUT2D eigenvalue weighted by molar-refractivity contribution is 6.08. The molecule has 2 atom stereocenters. The van der Waals surface area contributed by atoms with Crippen molar-refractivity contribution in [2.45, 2.75) is 33.0 Å². The van der Waals surface area contributed by atoms with Crippen molar-refractivity contribution in [1.29, 1.82) is 0 Å². The third-order valence-electron chi connectivity index (χ3n) is 4.19. The number of benzene rings is 2. The topological polar surface area (TPSA) is 85.2 Å². The first-order valence-electron chi connectivity index (χ1n) is 9.26. The zero-order chi connectivity index (χ0) is 20.4. The molecule has 0 unspecified atom stereocenters. The molecule has 28 heavy (non-hydrogen) atoms. The number of hydrogen-bond donors (Lipinski definition) is 1. The lowest BCUT2D eigenvalue weighted by Crippen LogP contribution is -2.36. The van der Waals surface area contributed by atoms with Gasteiger partial charge in [-0.1, -0.05) is 67.6 Å². The second kappa shape index (κ2) is 11.0. The molecule has 1 N–H and O–H groups in total. The van der Waals surface area contributed by atoms with Crippen molar-refractivity contribution < 1.29 is 24.2 Å². The smallest absolute Gasteiger partial charge is 0.434 e. The van der Waals surface area contributed by atoms with E-state index in [4.69, 9.17) is 9.47 Å². The molecule has 2 aromatic rings. The monoisotopic (exact) mass is 383 g/mol.